The van der Waals surface area contributed by atoms with Crippen LogP contribution >= 0.6 is 0 Å². The molecule has 0 aromatic carbocycles. The van der Waals surface area contributed by atoms with Gasteiger partial charge in [0.05, 0.1) is 6.61 Å². The number of amides is 2. The Morgan fingerprint density at radius 1 is 1.12 bits per heavy atom. The number of aromatic amines is 1. The molecule has 186 valence electrons. The number of esters is 1. The number of hydrogen-bond donors (Lipinski definition) is 2. The molecule has 1 aliphatic rings. The monoisotopic (exact) mass is 462 g/mol. The molecule has 0 aliphatic carbocycles. The van der Waals surface area contributed by atoms with Gasteiger partial charge < -0.3 is 24.8 Å². The van der Waals surface area contributed by atoms with Crippen molar-refractivity contribution in [1.82, 2.24) is 20.1 Å². The third kappa shape index (κ3) is 7.59. The highest BCUT2D eigenvalue weighted by atomic mass is 16.5. The Kier molecular flexibility index (Phi) is 10.9. The predicted molar refractivity (Wildman–Crippen MR) is 129 cm³/mol. The van der Waals surface area contributed by atoms with Crippen molar-refractivity contribution in [3.8, 4) is 0 Å². The second kappa shape index (κ2) is 13.4. The van der Waals surface area contributed by atoms with Gasteiger partial charge in [0.1, 0.15) is 5.69 Å². The van der Waals surface area contributed by atoms with E-state index < -0.39 is 0 Å². The summed E-state index contributed by atoms with van der Waals surface area (Å²) < 4.78 is 5.10. The Balaban J connectivity index is 1.75. The van der Waals surface area contributed by atoms with Crippen molar-refractivity contribution in [3.63, 3.8) is 0 Å². The van der Waals surface area contributed by atoms with Crippen LogP contribution in [0, 0.1) is 19.8 Å². The molecule has 1 aromatic heterocycles. The molecule has 33 heavy (non-hydrogen) atoms. The van der Waals surface area contributed by atoms with Gasteiger partial charge in [0.2, 0.25) is 11.8 Å². The molecule has 0 bridgehead atoms. The van der Waals surface area contributed by atoms with Gasteiger partial charge in [0.25, 0.3) is 0 Å². The molecule has 0 atom stereocenters. The van der Waals surface area contributed by atoms with Crippen LogP contribution < -0.4 is 5.32 Å². The Morgan fingerprint density at radius 2 is 1.79 bits per heavy atom. The maximum absolute atomic E-state index is 12.8. The Morgan fingerprint density at radius 3 is 2.39 bits per heavy atom. The molecule has 0 unspecified atom stereocenters. The van der Waals surface area contributed by atoms with Crippen LogP contribution in [0.1, 0.15) is 73.8 Å². The first-order valence-electron chi connectivity index (χ1n) is 12.4. The van der Waals surface area contributed by atoms with E-state index in [1.807, 2.05) is 18.7 Å². The molecule has 1 saturated heterocycles. The first-order chi connectivity index (χ1) is 15.8. The maximum Gasteiger partial charge on any atom is 0.355 e. The van der Waals surface area contributed by atoms with Gasteiger partial charge in [-0.15, -0.1) is 0 Å². The molecule has 1 aliphatic heterocycles. The minimum Gasteiger partial charge on any atom is -0.461 e. The van der Waals surface area contributed by atoms with Crippen LogP contribution in [0.25, 0.3) is 0 Å². The van der Waals surface area contributed by atoms with E-state index in [1.54, 1.807) is 6.92 Å². The van der Waals surface area contributed by atoms with Gasteiger partial charge in [-0.2, -0.15) is 0 Å². The molecule has 0 spiro atoms. The molecule has 0 saturated carbocycles. The highest BCUT2D eigenvalue weighted by Crippen LogP contribution is 2.22. The van der Waals surface area contributed by atoms with Crippen molar-refractivity contribution in [2.75, 3.05) is 45.9 Å². The summed E-state index contributed by atoms with van der Waals surface area (Å²) >= 11 is 0. The van der Waals surface area contributed by atoms with Crippen LogP contribution in [0.3, 0.4) is 0 Å². The summed E-state index contributed by atoms with van der Waals surface area (Å²) in [5.74, 6) is -0.148. The second-order valence-corrected chi connectivity index (χ2v) is 8.78. The van der Waals surface area contributed by atoms with Crippen molar-refractivity contribution in [2.45, 2.75) is 66.7 Å². The minimum atomic E-state index is -0.357. The van der Waals surface area contributed by atoms with E-state index in [-0.39, 0.29) is 23.7 Å². The average Bonchev–Trinajstić information content (AvgIpc) is 3.11. The van der Waals surface area contributed by atoms with Crippen molar-refractivity contribution >= 4 is 17.8 Å². The van der Waals surface area contributed by atoms with E-state index in [1.165, 1.54) is 0 Å². The summed E-state index contributed by atoms with van der Waals surface area (Å²) in [6.45, 7) is 15.2. The zero-order valence-electron chi connectivity index (χ0n) is 21.1. The number of hydrogen-bond acceptors (Lipinski definition) is 5. The number of nitrogens with zero attached hydrogens (tertiary/aromatic N) is 2. The Bertz CT molecular complexity index is 793. The molecule has 2 amide bonds. The molecule has 1 aromatic rings. The third-order valence-corrected chi connectivity index (χ3v) is 6.72. The number of likely N-dealkylation sites (tertiary alicyclic amines) is 1. The van der Waals surface area contributed by atoms with Crippen LogP contribution in [-0.2, 0) is 20.7 Å². The SMILES string of the molecule is CCOC(=O)c1[nH]c(C)c(CCC(=O)N2CCC(C(=O)NCCCN(CC)CC)CC2)c1C. The lowest BCUT2D eigenvalue weighted by Gasteiger charge is -2.31. The van der Waals surface area contributed by atoms with Crippen LogP contribution in [0.5, 0.6) is 0 Å². The van der Waals surface area contributed by atoms with Crippen molar-refractivity contribution in [1.29, 1.82) is 0 Å². The lowest BCUT2D eigenvalue weighted by Crippen LogP contribution is -2.43. The van der Waals surface area contributed by atoms with Gasteiger partial charge in [0.15, 0.2) is 0 Å². The quantitative estimate of drug-likeness (QED) is 0.368. The maximum atomic E-state index is 12.8. The summed E-state index contributed by atoms with van der Waals surface area (Å²) in [5, 5.41) is 3.07. The molecule has 2 rings (SSSR count). The van der Waals surface area contributed by atoms with E-state index in [0.29, 0.717) is 57.6 Å². The van der Waals surface area contributed by atoms with Crippen LogP contribution in [-0.4, -0.2) is 78.4 Å². The summed E-state index contributed by atoms with van der Waals surface area (Å²) in [5.41, 5.74) is 3.24. The predicted octanol–water partition coefficient (Wildman–Crippen LogP) is 2.83. The van der Waals surface area contributed by atoms with E-state index in [4.69, 9.17) is 4.74 Å². The van der Waals surface area contributed by atoms with E-state index in [2.05, 4.69) is 29.0 Å². The lowest BCUT2D eigenvalue weighted by molar-refractivity contribution is -0.135. The van der Waals surface area contributed by atoms with Gasteiger partial charge in [-0.05, 0) is 77.2 Å². The molecule has 8 nitrogen and oxygen atoms in total. The smallest absolute Gasteiger partial charge is 0.355 e. The zero-order valence-corrected chi connectivity index (χ0v) is 21.1. The van der Waals surface area contributed by atoms with E-state index >= 15 is 0 Å². The van der Waals surface area contributed by atoms with Gasteiger partial charge in [0, 0.05) is 37.7 Å². The fraction of sp³-hybridized carbons (Fsp3) is 0.720. The number of carbonyl (C=O) groups excluding carboxylic acids is 3. The number of aryl methyl sites for hydroxylation is 1. The zero-order chi connectivity index (χ0) is 24.4. The van der Waals surface area contributed by atoms with Crippen LogP contribution in [0.2, 0.25) is 0 Å². The van der Waals surface area contributed by atoms with Gasteiger partial charge >= 0.3 is 5.97 Å². The molecule has 0 radical (unpaired) electrons. The van der Waals surface area contributed by atoms with Crippen molar-refractivity contribution in [2.24, 2.45) is 5.92 Å². The molecule has 2 N–H and O–H groups in total. The molecular formula is C25H42N4O4. The highest BCUT2D eigenvalue weighted by Gasteiger charge is 2.27. The van der Waals surface area contributed by atoms with Gasteiger partial charge in [-0.1, -0.05) is 13.8 Å². The van der Waals surface area contributed by atoms with E-state index in [0.717, 1.165) is 42.9 Å². The Hall–Kier alpha value is -2.35. The second-order valence-electron chi connectivity index (χ2n) is 8.78. The minimum absolute atomic E-state index is 0.0104. The Labute approximate surface area is 198 Å². The highest BCUT2D eigenvalue weighted by molar-refractivity contribution is 5.90. The van der Waals surface area contributed by atoms with Crippen molar-refractivity contribution < 1.29 is 19.1 Å². The number of carbonyl (C=O) groups is 3. The largest absolute Gasteiger partial charge is 0.461 e. The summed E-state index contributed by atoms with van der Waals surface area (Å²) in [6.07, 6.45) is 3.36. The number of nitrogens with one attached hydrogen (secondary N) is 2. The molecular weight excluding hydrogens is 420 g/mol. The van der Waals surface area contributed by atoms with Crippen molar-refractivity contribution in [3.05, 3.63) is 22.5 Å². The van der Waals surface area contributed by atoms with E-state index in [9.17, 15) is 14.4 Å². The topological polar surface area (TPSA) is 94.7 Å². The van der Waals surface area contributed by atoms with Crippen LogP contribution in [0.15, 0.2) is 0 Å². The third-order valence-electron chi connectivity index (χ3n) is 6.72. The first-order valence-corrected chi connectivity index (χ1v) is 12.4. The molecule has 2 heterocycles. The first kappa shape index (κ1) is 26.9. The number of H-pyrrole nitrogens is 1. The standard InChI is InChI=1S/C25H42N4O4/c1-6-28(7-2)15-9-14-26-24(31)20-12-16-29(17-13-20)22(30)11-10-21-18(4)23(27-19(21)5)25(32)33-8-3/h20,27H,6-17H2,1-5H3,(H,26,31). The normalized spacial score (nSPS) is 14.5. The molecule has 1 fully saturated rings. The lowest BCUT2D eigenvalue weighted by atomic mass is 9.95. The average molecular weight is 463 g/mol. The number of aromatic nitrogens is 1. The number of rotatable bonds is 12. The summed E-state index contributed by atoms with van der Waals surface area (Å²) in [7, 11) is 0. The van der Waals surface area contributed by atoms with Crippen LogP contribution in [0.4, 0.5) is 0 Å². The number of ether oxygens (including phenoxy) is 1. The number of piperidine rings is 1. The van der Waals surface area contributed by atoms with Gasteiger partial charge in [-0.3, -0.25) is 9.59 Å². The fourth-order valence-electron chi connectivity index (χ4n) is 4.55. The molecule has 8 heteroatoms. The summed E-state index contributed by atoms with van der Waals surface area (Å²) in [6, 6.07) is 0. The van der Waals surface area contributed by atoms with Gasteiger partial charge in [-0.25, -0.2) is 4.79 Å². The fourth-order valence-corrected chi connectivity index (χ4v) is 4.55. The summed E-state index contributed by atoms with van der Waals surface area (Å²) in [4.78, 5) is 44.6.